The third-order valence-electron chi connectivity index (χ3n) is 4.19. The molecule has 5 nitrogen and oxygen atoms in total. The largest absolute Gasteiger partial charge is 0.338 e. The van der Waals surface area contributed by atoms with Crippen molar-refractivity contribution in [2.75, 3.05) is 6.54 Å². The fraction of sp³-hybridized carbons (Fsp3) is 0.300. The normalized spacial score (nSPS) is 12.3. The van der Waals surface area contributed by atoms with Crippen LogP contribution in [0.3, 0.4) is 0 Å². The molecule has 1 aromatic carbocycles. The van der Waals surface area contributed by atoms with Crippen LogP contribution >= 0.6 is 0 Å². The molecular formula is C20H24N4O. The highest BCUT2D eigenvalue weighted by molar-refractivity contribution is 5.74. The van der Waals surface area contributed by atoms with Crippen LogP contribution in [-0.2, 0) is 6.42 Å². The SMILES string of the molecule is CC(C)C(NC(=O)NCCc1cn2ccccc2n1)c1ccccc1. The minimum absolute atomic E-state index is 0.00334. The molecule has 130 valence electrons. The van der Waals surface area contributed by atoms with Crippen molar-refractivity contribution in [3.05, 3.63) is 72.2 Å². The van der Waals surface area contributed by atoms with Crippen molar-refractivity contribution in [2.24, 2.45) is 5.92 Å². The maximum absolute atomic E-state index is 12.2. The van der Waals surface area contributed by atoms with Crippen molar-refractivity contribution >= 4 is 11.7 Å². The lowest BCUT2D eigenvalue weighted by molar-refractivity contribution is 0.233. The summed E-state index contributed by atoms with van der Waals surface area (Å²) in [6.07, 6.45) is 4.67. The molecule has 0 aliphatic carbocycles. The number of hydrogen-bond acceptors (Lipinski definition) is 2. The highest BCUT2D eigenvalue weighted by atomic mass is 16.2. The molecule has 25 heavy (non-hydrogen) atoms. The summed E-state index contributed by atoms with van der Waals surface area (Å²) in [7, 11) is 0. The Morgan fingerprint density at radius 3 is 2.60 bits per heavy atom. The van der Waals surface area contributed by atoms with Crippen molar-refractivity contribution in [1.82, 2.24) is 20.0 Å². The van der Waals surface area contributed by atoms with Gasteiger partial charge in [0.1, 0.15) is 5.65 Å². The first-order chi connectivity index (χ1) is 12.1. The van der Waals surface area contributed by atoms with Crippen molar-refractivity contribution in [1.29, 1.82) is 0 Å². The molecule has 0 bridgehead atoms. The van der Waals surface area contributed by atoms with Crippen LogP contribution in [0.5, 0.6) is 0 Å². The summed E-state index contributed by atoms with van der Waals surface area (Å²) in [5, 5.41) is 6.00. The van der Waals surface area contributed by atoms with Crippen molar-refractivity contribution in [2.45, 2.75) is 26.3 Å². The zero-order chi connectivity index (χ0) is 17.6. The van der Waals surface area contributed by atoms with Gasteiger partial charge in [-0.2, -0.15) is 0 Å². The van der Waals surface area contributed by atoms with Gasteiger partial charge in [-0.1, -0.05) is 50.2 Å². The number of pyridine rings is 1. The molecule has 2 amide bonds. The summed E-state index contributed by atoms with van der Waals surface area (Å²) in [6.45, 7) is 4.76. The minimum Gasteiger partial charge on any atom is -0.338 e. The second-order valence-electron chi connectivity index (χ2n) is 6.48. The van der Waals surface area contributed by atoms with E-state index in [9.17, 15) is 4.79 Å². The molecule has 3 rings (SSSR count). The fourth-order valence-electron chi connectivity index (χ4n) is 2.90. The van der Waals surface area contributed by atoms with Gasteiger partial charge in [-0.05, 0) is 23.6 Å². The first kappa shape index (κ1) is 17.0. The van der Waals surface area contributed by atoms with Gasteiger partial charge in [0.15, 0.2) is 0 Å². The highest BCUT2D eigenvalue weighted by Crippen LogP contribution is 2.20. The third-order valence-corrected chi connectivity index (χ3v) is 4.19. The lowest BCUT2D eigenvalue weighted by Gasteiger charge is -2.23. The van der Waals surface area contributed by atoms with Gasteiger partial charge in [-0.3, -0.25) is 0 Å². The highest BCUT2D eigenvalue weighted by Gasteiger charge is 2.17. The zero-order valence-electron chi connectivity index (χ0n) is 14.6. The van der Waals surface area contributed by atoms with Crippen molar-refractivity contribution in [3.63, 3.8) is 0 Å². The van der Waals surface area contributed by atoms with E-state index in [2.05, 4.69) is 29.5 Å². The van der Waals surface area contributed by atoms with Gasteiger partial charge in [-0.25, -0.2) is 9.78 Å². The molecule has 2 heterocycles. The summed E-state index contributed by atoms with van der Waals surface area (Å²) in [5.41, 5.74) is 3.01. The molecule has 0 radical (unpaired) electrons. The Kier molecular flexibility index (Phi) is 5.33. The van der Waals surface area contributed by atoms with Gasteiger partial charge in [0.25, 0.3) is 0 Å². The van der Waals surface area contributed by atoms with Gasteiger partial charge in [0, 0.05) is 25.4 Å². The Bertz CT molecular complexity index is 793. The number of urea groups is 1. The Labute approximate surface area is 148 Å². The molecular weight excluding hydrogens is 312 g/mol. The van der Waals surface area contributed by atoms with Crippen LogP contribution in [-0.4, -0.2) is 22.0 Å². The average molecular weight is 336 g/mol. The number of amides is 2. The van der Waals surface area contributed by atoms with Gasteiger partial charge >= 0.3 is 6.03 Å². The third kappa shape index (κ3) is 4.38. The average Bonchev–Trinajstić information content (AvgIpc) is 3.03. The molecule has 1 unspecified atom stereocenters. The molecule has 1 atom stereocenters. The topological polar surface area (TPSA) is 58.4 Å². The number of rotatable bonds is 6. The lowest BCUT2D eigenvalue weighted by atomic mass is 9.96. The van der Waals surface area contributed by atoms with Crippen LogP contribution in [0.25, 0.3) is 5.65 Å². The predicted molar refractivity (Wildman–Crippen MR) is 99.5 cm³/mol. The maximum Gasteiger partial charge on any atom is 0.315 e. The van der Waals surface area contributed by atoms with E-state index in [1.54, 1.807) is 0 Å². The van der Waals surface area contributed by atoms with E-state index < -0.39 is 0 Å². The van der Waals surface area contributed by atoms with E-state index in [4.69, 9.17) is 0 Å². The van der Waals surface area contributed by atoms with Gasteiger partial charge in [0.2, 0.25) is 0 Å². The number of aromatic nitrogens is 2. The summed E-state index contributed by atoms with van der Waals surface area (Å²) in [5.74, 6) is 0.312. The monoisotopic (exact) mass is 336 g/mol. The molecule has 0 saturated heterocycles. The Morgan fingerprint density at radius 2 is 1.88 bits per heavy atom. The zero-order valence-corrected chi connectivity index (χ0v) is 14.6. The second kappa shape index (κ2) is 7.83. The number of fused-ring (bicyclic) bond motifs is 1. The summed E-state index contributed by atoms with van der Waals surface area (Å²) in [4.78, 5) is 16.8. The predicted octanol–water partition coefficient (Wildman–Crippen LogP) is 3.57. The molecule has 0 aliphatic heterocycles. The van der Waals surface area contributed by atoms with E-state index in [1.165, 1.54) is 0 Å². The van der Waals surface area contributed by atoms with Crippen LogP contribution in [0.2, 0.25) is 0 Å². The van der Waals surface area contributed by atoms with Crippen LogP contribution in [0.1, 0.15) is 31.1 Å². The number of carbonyl (C=O) groups excluding carboxylic acids is 1. The molecule has 5 heteroatoms. The Hall–Kier alpha value is -2.82. The van der Waals surface area contributed by atoms with Gasteiger partial charge in [-0.15, -0.1) is 0 Å². The molecule has 2 N–H and O–H groups in total. The van der Waals surface area contributed by atoms with Gasteiger partial charge < -0.3 is 15.0 Å². The fourth-order valence-corrected chi connectivity index (χ4v) is 2.90. The van der Waals surface area contributed by atoms with Crippen LogP contribution in [0.15, 0.2) is 60.9 Å². The van der Waals surface area contributed by atoms with Crippen LogP contribution in [0.4, 0.5) is 4.79 Å². The molecule has 0 fully saturated rings. The smallest absolute Gasteiger partial charge is 0.315 e. The summed E-state index contributed by atoms with van der Waals surface area (Å²) >= 11 is 0. The molecule has 0 spiro atoms. The quantitative estimate of drug-likeness (QED) is 0.723. The minimum atomic E-state index is -0.147. The molecule has 0 saturated carbocycles. The standard InChI is InChI=1S/C20H24N4O/c1-15(2)19(16-8-4-3-5-9-16)23-20(25)21-12-11-17-14-24-13-7-6-10-18(24)22-17/h3-10,13-15,19H,11-12H2,1-2H3,(H2,21,23,25). The number of imidazole rings is 1. The molecule has 3 aromatic rings. The lowest BCUT2D eigenvalue weighted by Crippen LogP contribution is -2.40. The van der Waals surface area contributed by atoms with Crippen LogP contribution < -0.4 is 10.6 Å². The van der Waals surface area contributed by atoms with E-state index in [1.807, 2.05) is 65.3 Å². The maximum atomic E-state index is 12.2. The number of benzene rings is 1. The first-order valence-corrected chi connectivity index (χ1v) is 8.65. The number of nitrogens with zero attached hydrogens (tertiary/aromatic N) is 2. The Morgan fingerprint density at radius 1 is 1.12 bits per heavy atom. The van der Waals surface area contributed by atoms with E-state index in [0.717, 1.165) is 16.9 Å². The van der Waals surface area contributed by atoms with Crippen molar-refractivity contribution < 1.29 is 4.79 Å². The van der Waals surface area contributed by atoms with Crippen molar-refractivity contribution in [3.8, 4) is 0 Å². The summed E-state index contributed by atoms with van der Waals surface area (Å²) in [6, 6.07) is 15.8. The Balaban J connectivity index is 1.53. The first-order valence-electron chi connectivity index (χ1n) is 8.65. The number of carbonyl (C=O) groups is 1. The summed E-state index contributed by atoms with van der Waals surface area (Å²) < 4.78 is 1.99. The van der Waals surface area contributed by atoms with E-state index in [-0.39, 0.29) is 12.1 Å². The van der Waals surface area contributed by atoms with E-state index in [0.29, 0.717) is 18.9 Å². The molecule has 0 aliphatic rings. The number of hydrogen-bond donors (Lipinski definition) is 2. The molecule has 2 aromatic heterocycles. The second-order valence-corrected chi connectivity index (χ2v) is 6.48. The van der Waals surface area contributed by atoms with E-state index >= 15 is 0 Å². The van der Waals surface area contributed by atoms with Crippen LogP contribution in [0, 0.1) is 5.92 Å². The van der Waals surface area contributed by atoms with Gasteiger partial charge in [0.05, 0.1) is 11.7 Å². The number of nitrogens with one attached hydrogen (secondary N) is 2.